The van der Waals surface area contributed by atoms with E-state index in [2.05, 4.69) is 22.7 Å². The highest BCUT2D eigenvalue weighted by Gasteiger charge is 2.27. The lowest BCUT2D eigenvalue weighted by molar-refractivity contribution is 0.559. The summed E-state index contributed by atoms with van der Waals surface area (Å²) in [5, 5.41) is 6.39. The third-order valence-corrected chi connectivity index (χ3v) is 7.99. The average Bonchev–Trinajstić information content (AvgIpc) is 3.03. The first-order chi connectivity index (χ1) is 17.5. The second kappa shape index (κ2) is 9.09. The first kappa shape index (κ1) is 22.8. The molecule has 36 heavy (non-hydrogen) atoms. The van der Waals surface area contributed by atoms with Gasteiger partial charge >= 0.3 is 5.63 Å². The minimum absolute atomic E-state index is 0.122. The third-order valence-electron chi connectivity index (χ3n) is 6.97. The predicted octanol–water partition coefficient (Wildman–Crippen LogP) is 5.28. The number of hydrogen-bond donors (Lipinski definition) is 0. The molecule has 4 heterocycles. The van der Waals surface area contributed by atoms with Gasteiger partial charge < -0.3 is 8.98 Å². The summed E-state index contributed by atoms with van der Waals surface area (Å²) in [5.41, 5.74) is 5.64. The summed E-state index contributed by atoms with van der Waals surface area (Å²) in [5.74, 6) is 1.04. The van der Waals surface area contributed by atoms with Crippen LogP contribution >= 0.6 is 11.8 Å². The van der Waals surface area contributed by atoms with Gasteiger partial charge in [-0.25, -0.2) is 9.78 Å². The zero-order valence-electron chi connectivity index (χ0n) is 20.3. The number of aromatic nitrogens is 4. The summed E-state index contributed by atoms with van der Waals surface area (Å²) in [6.45, 7) is 4.89. The first-order valence-electron chi connectivity index (χ1n) is 12.2. The molecule has 182 valence electrons. The molecule has 3 aromatic rings. The van der Waals surface area contributed by atoms with Crippen LogP contribution < -0.4 is 11.2 Å². The normalized spacial score (nSPS) is 13.7. The van der Waals surface area contributed by atoms with E-state index >= 15 is 0 Å². The zero-order valence-corrected chi connectivity index (χ0v) is 21.1. The molecule has 1 aromatic heterocycles. The van der Waals surface area contributed by atoms with E-state index in [1.807, 2.05) is 43.3 Å². The summed E-state index contributed by atoms with van der Waals surface area (Å²) in [4.78, 5) is 30.6. The number of nitrogens with zero attached hydrogens (tertiary/aromatic N) is 4. The van der Waals surface area contributed by atoms with Gasteiger partial charge in [-0.2, -0.15) is 4.68 Å². The molecule has 7 nitrogen and oxygen atoms in total. The molecule has 0 amide bonds. The lowest BCUT2D eigenvalue weighted by Gasteiger charge is -2.18. The molecule has 6 rings (SSSR count). The van der Waals surface area contributed by atoms with Gasteiger partial charge in [-0.3, -0.25) is 4.79 Å². The smallest absolute Gasteiger partial charge is 0.336 e. The molecule has 0 bridgehead atoms. The van der Waals surface area contributed by atoms with Crippen molar-refractivity contribution in [3.05, 3.63) is 91.7 Å². The minimum atomic E-state index is -0.353. The van der Waals surface area contributed by atoms with Gasteiger partial charge in [0.25, 0.3) is 5.56 Å². The van der Waals surface area contributed by atoms with Gasteiger partial charge in [-0.1, -0.05) is 36.4 Å². The number of thioether (sulfide) groups is 1. The SMILES string of the molecule is Cc1cc2oc(=O)cc(CSc3nc4nn(-c5ccccc5)c(=O)c-4c4n3CCCCC4)c2cc1C. The molecule has 2 aromatic carbocycles. The van der Waals surface area contributed by atoms with E-state index in [4.69, 9.17) is 9.40 Å². The van der Waals surface area contributed by atoms with Crippen LogP contribution in [0, 0.1) is 13.8 Å². The van der Waals surface area contributed by atoms with Crippen molar-refractivity contribution in [3.63, 3.8) is 0 Å². The summed E-state index contributed by atoms with van der Waals surface area (Å²) in [6, 6.07) is 15.1. The van der Waals surface area contributed by atoms with E-state index in [9.17, 15) is 9.59 Å². The van der Waals surface area contributed by atoms with E-state index in [0.29, 0.717) is 22.7 Å². The molecule has 0 aliphatic carbocycles. The number of aryl methyl sites for hydroxylation is 2. The van der Waals surface area contributed by atoms with Gasteiger partial charge in [0.05, 0.1) is 5.69 Å². The molecule has 0 saturated heterocycles. The van der Waals surface area contributed by atoms with Gasteiger partial charge in [0.15, 0.2) is 11.0 Å². The molecule has 8 heteroatoms. The summed E-state index contributed by atoms with van der Waals surface area (Å²) in [7, 11) is 0. The number of rotatable bonds is 4. The highest BCUT2D eigenvalue weighted by Crippen LogP contribution is 2.33. The summed E-state index contributed by atoms with van der Waals surface area (Å²) in [6.07, 6.45) is 3.99. The maximum Gasteiger partial charge on any atom is 0.336 e. The van der Waals surface area contributed by atoms with Crippen LogP contribution in [-0.4, -0.2) is 19.3 Å². The highest BCUT2D eigenvalue weighted by molar-refractivity contribution is 7.98. The van der Waals surface area contributed by atoms with Crippen LogP contribution in [0.25, 0.3) is 28.0 Å². The van der Waals surface area contributed by atoms with Crippen molar-refractivity contribution in [3.8, 4) is 17.1 Å². The molecule has 3 aliphatic rings. The first-order valence-corrected chi connectivity index (χ1v) is 13.2. The van der Waals surface area contributed by atoms with E-state index in [0.717, 1.165) is 70.8 Å². The molecule has 0 atom stereocenters. The quantitative estimate of drug-likeness (QED) is 0.191. The number of benzene rings is 2. The average molecular weight is 499 g/mol. The topological polar surface area (TPSA) is 82.9 Å². The van der Waals surface area contributed by atoms with Crippen molar-refractivity contribution in [1.29, 1.82) is 0 Å². The Hall–Kier alpha value is -3.65. The molecule has 0 spiro atoms. The van der Waals surface area contributed by atoms with Gasteiger partial charge in [-0.15, -0.1) is 5.10 Å². The van der Waals surface area contributed by atoms with Crippen LogP contribution in [0.5, 0.6) is 0 Å². The second-order valence-corrected chi connectivity index (χ2v) is 10.3. The minimum Gasteiger partial charge on any atom is -0.423 e. The molecule has 0 N–H and O–H groups in total. The standard InChI is InChI=1S/C28H26N4O3S/c1-17-13-21-19(15-24(33)35-23(21)14-18(17)2)16-36-28-29-26-25(22-11-7-4-8-12-31(22)28)27(34)32(30-26)20-9-5-3-6-10-20/h3,5-6,9-10,13-15H,4,7-8,11-12,16H2,1-2H3. The van der Waals surface area contributed by atoms with Gasteiger partial charge in [-0.05, 0) is 74.1 Å². The van der Waals surface area contributed by atoms with Crippen molar-refractivity contribution in [2.45, 2.75) is 57.0 Å². The molecule has 0 fully saturated rings. The third kappa shape index (κ3) is 3.95. The van der Waals surface area contributed by atoms with E-state index in [-0.39, 0.29) is 11.2 Å². The molecule has 0 saturated carbocycles. The second-order valence-electron chi connectivity index (χ2n) is 9.37. The van der Waals surface area contributed by atoms with Gasteiger partial charge in [0.2, 0.25) is 0 Å². The Morgan fingerprint density at radius 2 is 1.81 bits per heavy atom. The van der Waals surface area contributed by atoms with Gasteiger partial charge in [0, 0.05) is 29.4 Å². The highest BCUT2D eigenvalue weighted by atomic mass is 32.2. The maximum atomic E-state index is 13.4. The monoisotopic (exact) mass is 498 g/mol. The van der Waals surface area contributed by atoms with Gasteiger partial charge in [0.1, 0.15) is 11.1 Å². The van der Waals surface area contributed by atoms with Crippen LogP contribution in [-0.2, 0) is 18.7 Å². The predicted molar refractivity (Wildman–Crippen MR) is 141 cm³/mol. The Morgan fingerprint density at radius 3 is 2.64 bits per heavy atom. The lowest BCUT2D eigenvalue weighted by atomic mass is 10.0. The number of fused-ring (bicyclic) bond motifs is 4. The molecule has 0 unspecified atom stereocenters. The Morgan fingerprint density at radius 1 is 1.00 bits per heavy atom. The fraction of sp³-hybridized carbons (Fsp3) is 0.286. The Labute approximate surface area is 212 Å². The Bertz CT molecular complexity index is 1680. The van der Waals surface area contributed by atoms with Crippen LogP contribution in [0.2, 0.25) is 0 Å². The number of para-hydroxylation sites is 1. The largest absolute Gasteiger partial charge is 0.423 e. The van der Waals surface area contributed by atoms with Crippen LogP contribution in [0.1, 0.15) is 41.6 Å². The van der Waals surface area contributed by atoms with E-state index in [1.54, 1.807) is 17.8 Å². The van der Waals surface area contributed by atoms with Crippen molar-refractivity contribution >= 4 is 22.7 Å². The van der Waals surface area contributed by atoms with Crippen molar-refractivity contribution < 1.29 is 4.42 Å². The fourth-order valence-corrected chi connectivity index (χ4v) is 5.98. The van der Waals surface area contributed by atoms with Crippen molar-refractivity contribution in [2.24, 2.45) is 0 Å². The fourth-order valence-electron chi connectivity index (χ4n) is 4.95. The Kier molecular flexibility index (Phi) is 5.76. The zero-order chi connectivity index (χ0) is 24.8. The Balaban J connectivity index is 1.46. The van der Waals surface area contributed by atoms with Crippen LogP contribution in [0.3, 0.4) is 0 Å². The maximum absolute atomic E-state index is 13.4. The van der Waals surface area contributed by atoms with E-state index in [1.165, 1.54) is 4.68 Å². The lowest BCUT2D eigenvalue weighted by Crippen LogP contribution is -2.19. The van der Waals surface area contributed by atoms with Crippen molar-refractivity contribution in [1.82, 2.24) is 19.3 Å². The summed E-state index contributed by atoms with van der Waals surface area (Å²) < 4.78 is 9.13. The number of hydrogen-bond acceptors (Lipinski definition) is 6. The van der Waals surface area contributed by atoms with E-state index < -0.39 is 0 Å². The molecular weight excluding hydrogens is 472 g/mol. The van der Waals surface area contributed by atoms with Crippen LogP contribution in [0.15, 0.2) is 67.7 Å². The molecular formula is C28H26N4O3S. The molecule has 3 aliphatic heterocycles. The molecule has 0 radical (unpaired) electrons. The summed E-state index contributed by atoms with van der Waals surface area (Å²) >= 11 is 1.58. The van der Waals surface area contributed by atoms with Crippen LogP contribution in [0.4, 0.5) is 0 Å². The van der Waals surface area contributed by atoms with Crippen molar-refractivity contribution in [2.75, 3.05) is 0 Å².